The highest BCUT2D eigenvalue weighted by molar-refractivity contribution is 5.95. The maximum atomic E-state index is 12.8. The first kappa shape index (κ1) is 45.9. The van der Waals surface area contributed by atoms with Crippen molar-refractivity contribution in [2.45, 2.75) is 59.9 Å². The van der Waals surface area contributed by atoms with Crippen LogP contribution in [0.4, 0.5) is 20.3 Å². The summed E-state index contributed by atoms with van der Waals surface area (Å²) in [6.45, 7) is 6.41. The van der Waals surface area contributed by atoms with Gasteiger partial charge in [0.2, 0.25) is 5.91 Å². The maximum Gasteiger partial charge on any atom is 0.387 e. The van der Waals surface area contributed by atoms with Gasteiger partial charge in [-0.1, -0.05) is 68.1 Å². The van der Waals surface area contributed by atoms with Gasteiger partial charge in [0.1, 0.15) is 35.6 Å². The number of amides is 1. The standard InChI is InChI=1S/C27H24N4O2.C25H25F2N5O.CH4/c1-19(21-7-3-2-4-8-21)31-25-15-20(17-28)12-13-24(25)29-26(31)18-33-23-10-5-9-22(16-23)30-14-6-11-27(30)32;1-17-30-21-8-6-18(19-7-9-24(29-15-19)31-12-10-28-11-13-31)14-22(21)32(17)16-20-4-2-3-5-23(20)33-25(26)27;/h2-5,7-10,12-13,15-16,19H,6,11,14,18H2,1H3;2-9,14-15,25,28H,10-13,16H2,1H3;1H4/t19-;;/m0../s1. The third kappa shape index (κ3) is 10.3. The highest BCUT2D eigenvalue weighted by Gasteiger charge is 2.23. The summed E-state index contributed by atoms with van der Waals surface area (Å²) in [7, 11) is 0. The Bertz CT molecular complexity index is 3010. The molecule has 1 atom stereocenters. The first-order chi connectivity index (χ1) is 32.2. The maximum absolute atomic E-state index is 12.8. The fraction of sp³-hybridized carbons (Fsp3) is 0.264. The molecule has 5 heterocycles. The van der Waals surface area contributed by atoms with Crippen LogP contribution < -0.4 is 24.6 Å². The number of para-hydroxylation sites is 1. The lowest BCUT2D eigenvalue weighted by atomic mass is 10.1. The number of halogens is 2. The zero-order valence-electron chi connectivity index (χ0n) is 36.8. The molecule has 67 heavy (non-hydrogen) atoms. The Balaban J connectivity index is 0.000000179. The predicted octanol–water partition coefficient (Wildman–Crippen LogP) is 10.3. The molecular weight excluding hydrogens is 849 g/mol. The van der Waals surface area contributed by atoms with E-state index in [2.05, 4.69) is 68.1 Å². The van der Waals surface area contributed by atoms with E-state index in [1.807, 2.05) is 95.4 Å². The van der Waals surface area contributed by atoms with Gasteiger partial charge in [-0.15, -0.1) is 0 Å². The SMILES string of the molecule is C.C[C@@H](c1ccccc1)n1c(COc2cccc(N3CCCC3=O)c2)nc2ccc(C#N)cc21.Cc1nc2ccc(-c3ccc(N4CCNCC4)nc3)cc2n1Cc1ccccc1OC(F)F. The number of carbonyl (C=O) groups excluding carboxylic acids is 1. The van der Waals surface area contributed by atoms with Gasteiger partial charge in [0, 0.05) is 68.2 Å². The summed E-state index contributed by atoms with van der Waals surface area (Å²) in [6, 6.07) is 42.8. The third-order valence-electron chi connectivity index (χ3n) is 12.1. The van der Waals surface area contributed by atoms with Crippen molar-refractivity contribution < 1.29 is 23.0 Å². The van der Waals surface area contributed by atoms with E-state index in [1.54, 1.807) is 24.3 Å². The van der Waals surface area contributed by atoms with E-state index in [1.165, 1.54) is 0 Å². The van der Waals surface area contributed by atoms with Crippen molar-refractivity contribution in [3.63, 3.8) is 0 Å². The number of carbonyl (C=O) groups is 1. The number of ether oxygens (including phenoxy) is 2. The number of piperazine rings is 1. The van der Waals surface area contributed by atoms with Crippen molar-refractivity contribution in [3.05, 3.63) is 162 Å². The first-order valence-corrected chi connectivity index (χ1v) is 22.1. The van der Waals surface area contributed by atoms with Gasteiger partial charge >= 0.3 is 6.61 Å². The van der Waals surface area contributed by atoms with Crippen LogP contribution in [0.3, 0.4) is 0 Å². The number of nitrogens with zero attached hydrogens (tertiary/aromatic N) is 8. The van der Waals surface area contributed by atoms with Gasteiger partial charge in [-0.25, -0.2) is 15.0 Å². The van der Waals surface area contributed by atoms with E-state index >= 15 is 0 Å². The van der Waals surface area contributed by atoms with Gasteiger partial charge < -0.3 is 33.7 Å². The summed E-state index contributed by atoms with van der Waals surface area (Å²) in [4.78, 5) is 30.4. The number of rotatable bonds is 12. The highest BCUT2D eigenvalue weighted by Crippen LogP contribution is 2.31. The first-order valence-electron chi connectivity index (χ1n) is 22.1. The molecule has 0 bridgehead atoms. The quantitative estimate of drug-likeness (QED) is 0.128. The smallest absolute Gasteiger partial charge is 0.387 e. The third-order valence-corrected chi connectivity index (χ3v) is 12.1. The van der Waals surface area contributed by atoms with Crippen LogP contribution in [0.1, 0.15) is 61.6 Å². The molecule has 0 aliphatic carbocycles. The second kappa shape index (κ2) is 20.7. The molecule has 5 aromatic carbocycles. The van der Waals surface area contributed by atoms with Crippen molar-refractivity contribution >= 4 is 39.5 Å². The Morgan fingerprint density at radius 2 is 1.58 bits per heavy atom. The van der Waals surface area contributed by atoms with E-state index in [9.17, 15) is 18.8 Å². The van der Waals surface area contributed by atoms with Crippen molar-refractivity contribution in [3.8, 4) is 28.7 Å². The number of imidazole rings is 2. The minimum absolute atomic E-state index is 0. The number of pyridine rings is 1. The van der Waals surface area contributed by atoms with Crippen LogP contribution in [0, 0.1) is 18.3 Å². The van der Waals surface area contributed by atoms with E-state index in [-0.39, 0.29) is 31.7 Å². The molecule has 1 amide bonds. The number of benzene rings is 5. The van der Waals surface area contributed by atoms with Crippen LogP contribution in [0.25, 0.3) is 33.2 Å². The molecule has 0 spiro atoms. The van der Waals surface area contributed by atoms with Crippen LogP contribution in [0.5, 0.6) is 11.5 Å². The summed E-state index contributed by atoms with van der Waals surface area (Å²) in [5.74, 6) is 3.59. The lowest BCUT2D eigenvalue weighted by Gasteiger charge is -2.28. The molecule has 14 heteroatoms. The Kier molecular flexibility index (Phi) is 14.2. The number of aryl methyl sites for hydroxylation is 1. The summed E-state index contributed by atoms with van der Waals surface area (Å²) in [5, 5.41) is 12.8. The summed E-state index contributed by atoms with van der Waals surface area (Å²) < 4.78 is 40.7. The molecule has 8 aromatic rings. The molecular formula is C53H53F2N9O3. The van der Waals surface area contributed by atoms with Crippen LogP contribution >= 0.6 is 0 Å². The minimum Gasteiger partial charge on any atom is -0.486 e. The second-order valence-corrected chi connectivity index (χ2v) is 16.3. The van der Waals surface area contributed by atoms with Gasteiger partial charge in [0.25, 0.3) is 0 Å². The van der Waals surface area contributed by atoms with E-state index in [0.717, 1.165) is 101 Å². The number of nitriles is 1. The van der Waals surface area contributed by atoms with E-state index in [4.69, 9.17) is 14.5 Å². The average Bonchev–Trinajstić information content (AvgIpc) is 4.05. The molecule has 0 unspecified atom stereocenters. The topological polar surface area (TPSA) is 126 Å². The van der Waals surface area contributed by atoms with Crippen molar-refractivity contribution in [1.29, 1.82) is 5.26 Å². The number of nitrogens with one attached hydrogen (secondary N) is 1. The molecule has 2 aliphatic rings. The zero-order valence-corrected chi connectivity index (χ0v) is 36.8. The Morgan fingerprint density at radius 1 is 0.821 bits per heavy atom. The Labute approximate surface area is 389 Å². The minimum atomic E-state index is -2.87. The zero-order chi connectivity index (χ0) is 45.6. The molecule has 12 nitrogen and oxygen atoms in total. The molecule has 342 valence electrons. The summed E-state index contributed by atoms with van der Waals surface area (Å²) >= 11 is 0. The summed E-state index contributed by atoms with van der Waals surface area (Å²) in [5.41, 5.74) is 8.84. The number of fused-ring (bicyclic) bond motifs is 2. The van der Waals surface area contributed by atoms with Crippen LogP contribution in [-0.2, 0) is 17.9 Å². The molecule has 1 N–H and O–H groups in total. The number of hydrogen-bond acceptors (Lipinski definition) is 9. The van der Waals surface area contributed by atoms with Crippen LogP contribution in [0.2, 0.25) is 0 Å². The fourth-order valence-corrected chi connectivity index (χ4v) is 8.71. The number of hydrogen-bond donors (Lipinski definition) is 1. The van der Waals surface area contributed by atoms with Gasteiger partial charge in [-0.2, -0.15) is 14.0 Å². The van der Waals surface area contributed by atoms with Crippen LogP contribution in [0.15, 0.2) is 134 Å². The second-order valence-electron chi connectivity index (χ2n) is 16.3. The monoisotopic (exact) mass is 901 g/mol. The molecule has 3 aromatic heterocycles. The van der Waals surface area contributed by atoms with E-state index < -0.39 is 6.61 Å². The molecule has 0 radical (unpaired) electrons. The molecule has 10 rings (SSSR count). The van der Waals surface area contributed by atoms with Crippen molar-refractivity contribution in [1.82, 2.24) is 29.4 Å². The fourth-order valence-electron chi connectivity index (χ4n) is 8.71. The van der Waals surface area contributed by atoms with Crippen LogP contribution in [-0.4, -0.2) is 69.3 Å². The van der Waals surface area contributed by atoms with Gasteiger partial charge in [0.05, 0.1) is 46.3 Å². The van der Waals surface area contributed by atoms with Crippen molar-refractivity contribution in [2.24, 2.45) is 0 Å². The largest absolute Gasteiger partial charge is 0.486 e. The predicted molar refractivity (Wildman–Crippen MR) is 259 cm³/mol. The average molecular weight is 902 g/mol. The Hall–Kier alpha value is -7.63. The number of aromatic nitrogens is 5. The lowest BCUT2D eigenvalue weighted by Crippen LogP contribution is -2.43. The molecule has 0 saturated carbocycles. The number of anilines is 2. The normalized spacial score (nSPS) is 14.1. The molecule has 2 saturated heterocycles. The van der Waals surface area contributed by atoms with E-state index in [0.29, 0.717) is 29.8 Å². The highest BCUT2D eigenvalue weighted by atomic mass is 19.3. The van der Waals surface area contributed by atoms with Gasteiger partial charge in [0.15, 0.2) is 0 Å². The lowest BCUT2D eigenvalue weighted by molar-refractivity contribution is -0.117. The summed E-state index contributed by atoms with van der Waals surface area (Å²) in [6.07, 6.45) is 3.38. The van der Waals surface area contributed by atoms with Gasteiger partial charge in [-0.05, 0) is 92.1 Å². The molecule has 2 aliphatic heterocycles. The number of alkyl halides is 2. The Morgan fingerprint density at radius 3 is 2.33 bits per heavy atom. The molecule has 2 fully saturated rings. The van der Waals surface area contributed by atoms with Gasteiger partial charge in [-0.3, -0.25) is 4.79 Å². The van der Waals surface area contributed by atoms with Crippen molar-refractivity contribution in [2.75, 3.05) is 42.5 Å².